The minimum Gasteiger partial charge on any atom is -0.365 e. The molecule has 0 spiro atoms. The maximum absolute atomic E-state index is 7.65. The molecule has 4 aromatic rings. The lowest BCUT2D eigenvalue weighted by Crippen LogP contribution is -2.28. The van der Waals surface area contributed by atoms with Gasteiger partial charge in [0.25, 0.3) is 0 Å². The average molecular weight is 769 g/mol. The molecule has 308 valence electrons. The largest absolute Gasteiger partial charge is 0.365 e. The highest BCUT2D eigenvalue weighted by Gasteiger charge is 2.35. The lowest BCUT2D eigenvalue weighted by Gasteiger charge is -2.40. The molecular weight excluding hydrogens is 693 g/mol. The summed E-state index contributed by atoms with van der Waals surface area (Å²) in [6.07, 6.45) is 32.6. The monoisotopic (exact) mass is 769 g/mol. The molecule has 2 saturated carbocycles. The van der Waals surface area contributed by atoms with Crippen LogP contribution in [0.2, 0.25) is 0 Å². The third kappa shape index (κ3) is 12.8. The quantitative estimate of drug-likeness (QED) is 0.0747. The SMILES string of the molecule is CCCCCCCc1ccc(-c2ccc(C(OC(c3ccc(-c4ccc(CCCCCCC)cn4)cc3)[C@H]3CC[C@H](CC)CC3)[C@H]3CC[C@H](CC)CC3)cc2)nc1. The Morgan fingerprint density at radius 2 is 0.842 bits per heavy atom. The van der Waals surface area contributed by atoms with Gasteiger partial charge >= 0.3 is 0 Å². The van der Waals surface area contributed by atoms with Gasteiger partial charge in [-0.15, -0.1) is 0 Å². The third-order valence-corrected chi connectivity index (χ3v) is 13.9. The molecule has 0 bridgehead atoms. The first-order valence-electron chi connectivity index (χ1n) is 23.8. The molecule has 0 amide bonds. The fourth-order valence-electron chi connectivity index (χ4n) is 9.92. The first kappa shape index (κ1) is 43.3. The molecule has 2 aliphatic carbocycles. The second kappa shape index (κ2) is 23.3. The highest BCUT2D eigenvalue weighted by atomic mass is 16.5. The minimum absolute atomic E-state index is 0.0876. The van der Waals surface area contributed by atoms with E-state index in [4.69, 9.17) is 14.7 Å². The summed E-state index contributed by atoms with van der Waals surface area (Å²) < 4.78 is 7.65. The molecule has 57 heavy (non-hydrogen) atoms. The molecule has 2 atom stereocenters. The van der Waals surface area contributed by atoms with Crippen molar-refractivity contribution < 1.29 is 4.74 Å². The van der Waals surface area contributed by atoms with Gasteiger partial charge in [-0.3, -0.25) is 9.97 Å². The molecule has 0 radical (unpaired) electrons. The van der Waals surface area contributed by atoms with Crippen molar-refractivity contribution in [3.63, 3.8) is 0 Å². The third-order valence-electron chi connectivity index (χ3n) is 13.9. The molecule has 0 N–H and O–H groups in total. The van der Waals surface area contributed by atoms with E-state index in [2.05, 4.69) is 113 Å². The van der Waals surface area contributed by atoms with Crippen molar-refractivity contribution in [1.82, 2.24) is 9.97 Å². The zero-order chi connectivity index (χ0) is 39.7. The Balaban J connectivity index is 1.20. The van der Waals surface area contributed by atoms with E-state index < -0.39 is 0 Å². The smallest absolute Gasteiger partial charge is 0.0861 e. The van der Waals surface area contributed by atoms with Gasteiger partial charge in [-0.2, -0.15) is 0 Å². The summed E-state index contributed by atoms with van der Waals surface area (Å²) in [5.41, 5.74) is 9.90. The summed E-state index contributed by atoms with van der Waals surface area (Å²) in [6.45, 7) is 9.31. The van der Waals surface area contributed by atoms with E-state index >= 15 is 0 Å². The van der Waals surface area contributed by atoms with E-state index in [1.54, 1.807) is 0 Å². The predicted octanol–water partition coefficient (Wildman–Crippen LogP) is 16.1. The van der Waals surface area contributed by atoms with E-state index in [9.17, 15) is 0 Å². The molecule has 2 aliphatic rings. The zero-order valence-corrected chi connectivity index (χ0v) is 36.4. The van der Waals surface area contributed by atoms with E-state index in [1.807, 2.05) is 0 Å². The summed E-state index contributed by atoms with van der Waals surface area (Å²) in [4.78, 5) is 9.85. The number of aromatic nitrogens is 2. The number of pyridine rings is 2. The van der Waals surface area contributed by atoms with Gasteiger partial charge in [-0.25, -0.2) is 0 Å². The van der Waals surface area contributed by atoms with Crippen molar-refractivity contribution in [3.8, 4) is 22.5 Å². The topological polar surface area (TPSA) is 35.0 Å². The van der Waals surface area contributed by atoms with E-state index in [-0.39, 0.29) is 12.2 Å². The van der Waals surface area contributed by atoms with Crippen LogP contribution in [0.25, 0.3) is 22.5 Å². The molecule has 6 rings (SSSR count). The Bertz CT molecular complexity index is 1540. The van der Waals surface area contributed by atoms with Crippen LogP contribution in [0.4, 0.5) is 0 Å². The maximum atomic E-state index is 7.65. The number of unbranched alkanes of at least 4 members (excludes halogenated alkanes) is 8. The molecule has 2 fully saturated rings. The van der Waals surface area contributed by atoms with Crippen LogP contribution in [-0.2, 0) is 17.6 Å². The Morgan fingerprint density at radius 3 is 1.18 bits per heavy atom. The van der Waals surface area contributed by atoms with Crippen LogP contribution >= 0.6 is 0 Å². The van der Waals surface area contributed by atoms with Crippen LogP contribution < -0.4 is 0 Å². The van der Waals surface area contributed by atoms with Gasteiger partial charge in [0.15, 0.2) is 0 Å². The molecule has 3 nitrogen and oxygen atoms in total. The normalized spacial score (nSPS) is 21.0. The molecule has 3 heteroatoms. The first-order valence-corrected chi connectivity index (χ1v) is 23.8. The van der Waals surface area contributed by atoms with Crippen molar-refractivity contribution in [2.45, 2.75) is 181 Å². The Hall–Kier alpha value is -3.30. The predicted molar refractivity (Wildman–Crippen MR) is 242 cm³/mol. The number of rotatable bonds is 22. The summed E-state index contributed by atoms with van der Waals surface area (Å²) in [7, 11) is 0. The van der Waals surface area contributed by atoms with Gasteiger partial charge in [0, 0.05) is 23.5 Å². The van der Waals surface area contributed by atoms with Crippen molar-refractivity contribution >= 4 is 0 Å². The Kier molecular flexibility index (Phi) is 17.7. The van der Waals surface area contributed by atoms with Crippen molar-refractivity contribution in [2.75, 3.05) is 0 Å². The second-order valence-electron chi connectivity index (χ2n) is 18.0. The number of nitrogens with zero attached hydrogens (tertiary/aromatic N) is 2. The summed E-state index contributed by atoms with van der Waals surface area (Å²) in [5.74, 6) is 2.79. The Labute approximate surface area is 348 Å². The average Bonchev–Trinajstić information content (AvgIpc) is 3.27. The van der Waals surface area contributed by atoms with Crippen LogP contribution in [-0.4, -0.2) is 9.97 Å². The number of aryl methyl sites for hydroxylation is 2. The first-order chi connectivity index (χ1) is 28.1. The number of benzene rings is 2. The summed E-state index contributed by atoms with van der Waals surface area (Å²) >= 11 is 0. The number of ether oxygens (including phenoxy) is 1. The van der Waals surface area contributed by atoms with Crippen LogP contribution in [0.15, 0.2) is 85.2 Å². The van der Waals surface area contributed by atoms with Gasteiger partial charge in [0.1, 0.15) is 0 Å². The van der Waals surface area contributed by atoms with Gasteiger partial charge in [-0.1, -0.05) is 178 Å². The molecule has 2 aromatic carbocycles. The molecule has 0 aliphatic heterocycles. The van der Waals surface area contributed by atoms with Crippen LogP contribution in [0.5, 0.6) is 0 Å². The van der Waals surface area contributed by atoms with Crippen molar-refractivity contribution in [1.29, 1.82) is 0 Å². The van der Waals surface area contributed by atoms with E-state index in [0.717, 1.165) is 36.1 Å². The summed E-state index contributed by atoms with van der Waals surface area (Å²) in [5, 5.41) is 0. The minimum atomic E-state index is 0.0876. The maximum Gasteiger partial charge on any atom is 0.0861 e. The molecule has 2 unspecified atom stereocenters. The van der Waals surface area contributed by atoms with Gasteiger partial charge in [-0.05, 0) is 109 Å². The zero-order valence-electron chi connectivity index (χ0n) is 36.4. The van der Waals surface area contributed by atoms with E-state index in [0.29, 0.717) is 11.8 Å². The van der Waals surface area contributed by atoms with Crippen LogP contribution in [0.1, 0.15) is 191 Å². The van der Waals surface area contributed by atoms with Crippen LogP contribution in [0, 0.1) is 23.7 Å². The number of hydrogen-bond donors (Lipinski definition) is 0. The molecule has 0 saturated heterocycles. The second-order valence-corrected chi connectivity index (χ2v) is 18.0. The fraction of sp³-hybridized carbons (Fsp3) is 0.593. The fourth-order valence-corrected chi connectivity index (χ4v) is 9.92. The highest BCUT2D eigenvalue weighted by molar-refractivity contribution is 5.60. The Morgan fingerprint density at radius 1 is 0.456 bits per heavy atom. The van der Waals surface area contributed by atoms with Gasteiger partial charge in [0.05, 0.1) is 23.6 Å². The molecular formula is C54H76N2O. The molecule has 2 aromatic heterocycles. The summed E-state index contributed by atoms with van der Waals surface area (Å²) in [6, 6.07) is 27.7. The standard InChI is InChI=1S/C54H76N2O/c1-5-9-11-13-15-17-43-23-37-51(55-39-43)45-29-33-49(34-30-45)53(47-25-19-41(7-3)20-26-47)57-54(48-27-21-42(8-4)22-28-48)50-35-31-46(32-36-50)52-38-24-44(40-56-52)18-16-14-12-10-6-2/h23-24,29-42,47-48,53-54H,5-22,25-28H2,1-4H3/t41-,42-,47-,48-,53?,54?. The van der Waals surface area contributed by atoms with Crippen molar-refractivity contribution in [3.05, 3.63) is 107 Å². The lowest BCUT2D eigenvalue weighted by atomic mass is 9.75. The highest BCUT2D eigenvalue weighted by Crippen LogP contribution is 2.47. The van der Waals surface area contributed by atoms with Gasteiger partial charge in [0.2, 0.25) is 0 Å². The van der Waals surface area contributed by atoms with E-state index in [1.165, 1.54) is 162 Å². The van der Waals surface area contributed by atoms with Crippen LogP contribution in [0.3, 0.4) is 0 Å². The van der Waals surface area contributed by atoms with Gasteiger partial charge < -0.3 is 4.74 Å². The lowest BCUT2D eigenvalue weighted by molar-refractivity contribution is -0.0905. The van der Waals surface area contributed by atoms with Crippen molar-refractivity contribution in [2.24, 2.45) is 23.7 Å². The number of hydrogen-bond acceptors (Lipinski definition) is 3. The molecule has 2 heterocycles.